The molecule has 1 aliphatic heterocycles. The van der Waals surface area contributed by atoms with E-state index in [1.54, 1.807) is 0 Å². The van der Waals surface area contributed by atoms with Crippen molar-refractivity contribution < 1.29 is 5.11 Å². The van der Waals surface area contributed by atoms with Crippen molar-refractivity contribution in [1.29, 1.82) is 0 Å². The van der Waals surface area contributed by atoms with Gasteiger partial charge in [-0.2, -0.15) is 0 Å². The molecular formula is C16H26N2O. The number of likely N-dealkylation sites (tertiary alicyclic amines) is 1. The minimum Gasteiger partial charge on any atom is -0.396 e. The largest absolute Gasteiger partial charge is 0.396 e. The maximum Gasteiger partial charge on any atom is 0.0475 e. The van der Waals surface area contributed by atoms with Crippen LogP contribution in [0.1, 0.15) is 19.4 Å². The number of aliphatic hydroxyl groups excluding tert-OH is 1. The normalized spacial score (nSPS) is 24.2. The summed E-state index contributed by atoms with van der Waals surface area (Å²) < 4.78 is 0. The fourth-order valence-electron chi connectivity index (χ4n) is 2.83. The average molecular weight is 262 g/mol. The second-order valence-corrected chi connectivity index (χ2v) is 5.95. The Labute approximate surface area is 116 Å². The van der Waals surface area contributed by atoms with Crippen LogP contribution >= 0.6 is 0 Å². The van der Waals surface area contributed by atoms with E-state index in [1.165, 1.54) is 5.56 Å². The predicted molar refractivity (Wildman–Crippen MR) is 78.9 cm³/mol. The molecule has 2 N–H and O–H groups in total. The number of nitrogens with zero attached hydrogens (tertiary/aromatic N) is 1. The molecule has 106 valence electrons. The molecule has 1 aromatic carbocycles. The summed E-state index contributed by atoms with van der Waals surface area (Å²) in [5.74, 6) is 0.978. The summed E-state index contributed by atoms with van der Waals surface area (Å²) in [7, 11) is 0. The molecular weight excluding hydrogens is 236 g/mol. The molecule has 2 atom stereocenters. The Hall–Kier alpha value is -0.900. The van der Waals surface area contributed by atoms with Crippen LogP contribution in [0.3, 0.4) is 0 Å². The van der Waals surface area contributed by atoms with Gasteiger partial charge >= 0.3 is 0 Å². The maximum absolute atomic E-state index is 9.53. The first-order valence-electron chi connectivity index (χ1n) is 7.29. The van der Waals surface area contributed by atoms with Crippen LogP contribution in [-0.4, -0.2) is 42.3 Å². The van der Waals surface area contributed by atoms with Crippen LogP contribution in [0.4, 0.5) is 0 Å². The summed E-state index contributed by atoms with van der Waals surface area (Å²) in [6, 6.07) is 11.1. The SMILES string of the molecule is CC(C)NC[C@@H]1CN(Cc2ccccc2)C[C@@H]1CO. The first kappa shape index (κ1) is 14.5. The lowest BCUT2D eigenvalue weighted by Crippen LogP contribution is -2.33. The van der Waals surface area contributed by atoms with Crippen LogP contribution in [0.15, 0.2) is 30.3 Å². The molecule has 1 fully saturated rings. The van der Waals surface area contributed by atoms with Gasteiger partial charge in [-0.25, -0.2) is 0 Å². The third kappa shape index (κ3) is 4.30. The molecule has 0 aliphatic carbocycles. The van der Waals surface area contributed by atoms with Gasteiger partial charge in [-0.15, -0.1) is 0 Å². The topological polar surface area (TPSA) is 35.5 Å². The van der Waals surface area contributed by atoms with Gasteiger partial charge in [0.2, 0.25) is 0 Å². The standard InChI is InChI=1S/C16H26N2O/c1-13(2)17-8-15-10-18(11-16(15)12-19)9-14-6-4-3-5-7-14/h3-7,13,15-17,19H,8-12H2,1-2H3/t15-,16-/m1/s1. The first-order chi connectivity index (χ1) is 9.19. The molecule has 0 radical (unpaired) electrons. The van der Waals surface area contributed by atoms with E-state index in [4.69, 9.17) is 0 Å². The van der Waals surface area contributed by atoms with Crippen LogP contribution in [0.25, 0.3) is 0 Å². The van der Waals surface area contributed by atoms with Crippen LogP contribution < -0.4 is 5.32 Å². The highest BCUT2D eigenvalue weighted by Gasteiger charge is 2.31. The van der Waals surface area contributed by atoms with E-state index in [2.05, 4.69) is 54.4 Å². The van der Waals surface area contributed by atoms with Crippen LogP contribution in [0.5, 0.6) is 0 Å². The van der Waals surface area contributed by atoms with E-state index in [9.17, 15) is 5.11 Å². The summed E-state index contributed by atoms with van der Waals surface area (Å²) >= 11 is 0. The molecule has 0 aromatic heterocycles. The Morgan fingerprint density at radius 1 is 1.21 bits per heavy atom. The number of aliphatic hydroxyl groups is 1. The van der Waals surface area contributed by atoms with Gasteiger partial charge in [-0.1, -0.05) is 44.2 Å². The highest BCUT2D eigenvalue weighted by Crippen LogP contribution is 2.24. The lowest BCUT2D eigenvalue weighted by atomic mass is 9.97. The average Bonchev–Trinajstić information content (AvgIpc) is 2.79. The van der Waals surface area contributed by atoms with E-state index in [1.807, 2.05) is 0 Å². The van der Waals surface area contributed by atoms with Crippen molar-refractivity contribution in [3.63, 3.8) is 0 Å². The predicted octanol–water partition coefficient (Wildman–Crippen LogP) is 1.72. The third-order valence-electron chi connectivity index (χ3n) is 3.92. The second-order valence-electron chi connectivity index (χ2n) is 5.95. The van der Waals surface area contributed by atoms with Gasteiger partial charge in [-0.3, -0.25) is 4.90 Å². The van der Waals surface area contributed by atoms with Gasteiger partial charge in [0.05, 0.1) is 0 Å². The van der Waals surface area contributed by atoms with Crippen LogP contribution in [0, 0.1) is 11.8 Å². The van der Waals surface area contributed by atoms with Gasteiger partial charge in [0.25, 0.3) is 0 Å². The minimum atomic E-state index is 0.301. The lowest BCUT2D eigenvalue weighted by Gasteiger charge is -2.18. The Morgan fingerprint density at radius 3 is 2.53 bits per heavy atom. The van der Waals surface area contributed by atoms with Gasteiger partial charge in [-0.05, 0) is 23.9 Å². The Morgan fingerprint density at radius 2 is 1.89 bits per heavy atom. The maximum atomic E-state index is 9.53. The summed E-state index contributed by atoms with van der Waals surface area (Å²) in [5, 5.41) is 13.0. The highest BCUT2D eigenvalue weighted by atomic mass is 16.3. The van der Waals surface area contributed by atoms with Gasteiger partial charge in [0.1, 0.15) is 0 Å². The first-order valence-corrected chi connectivity index (χ1v) is 7.29. The van der Waals surface area contributed by atoms with E-state index in [0.29, 0.717) is 24.5 Å². The van der Waals surface area contributed by atoms with E-state index < -0.39 is 0 Å². The smallest absolute Gasteiger partial charge is 0.0475 e. The number of hydrogen-bond acceptors (Lipinski definition) is 3. The highest BCUT2D eigenvalue weighted by molar-refractivity contribution is 5.14. The van der Waals surface area contributed by atoms with Crippen molar-refractivity contribution in [3.05, 3.63) is 35.9 Å². The summed E-state index contributed by atoms with van der Waals surface area (Å²) in [5.41, 5.74) is 1.36. The van der Waals surface area contributed by atoms with Gasteiger partial charge < -0.3 is 10.4 Å². The molecule has 0 bridgehead atoms. The van der Waals surface area contributed by atoms with Crippen LogP contribution in [0.2, 0.25) is 0 Å². The molecule has 0 unspecified atom stereocenters. The zero-order valence-corrected chi connectivity index (χ0v) is 12.0. The van der Waals surface area contributed by atoms with Crippen LogP contribution in [-0.2, 0) is 6.54 Å². The molecule has 1 aromatic rings. The zero-order valence-electron chi connectivity index (χ0n) is 12.0. The molecule has 19 heavy (non-hydrogen) atoms. The quantitative estimate of drug-likeness (QED) is 0.819. The molecule has 0 spiro atoms. The number of benzene rings is 1. The van der Waals surface area contributed by atoms with Gasteiger partial charge in [0, 0.05) is 32.3 Å². The zero-order chi connectivity index (χ0) is 13.7. The van der Waals surface area contributed by atoms with Crippen molar-refractivity contribution >= 4 is 0 Å². The molecule has 1 heterocycles. The Kier molecular flexibility index (Phi) is 5.37. The van der Waals surface area contributed by atoms with Gasteiger partial charge in [0.15, 0.2) is 0 Å². The molecule has 0 amide bonds. The molecule has 1 aliphatic rings. The monoisotopic (exact) mass is 262 g/mol. The van der Waals surface area contributed by atoms with E-state index in [0.717, 1.165) is 26.2 Å². The van der Waals surface area contributed by atoms with E-state index in [-0.39, 0.29) is 0 Å². The van der Waals surface area contributed by atoms with Crippen molar-refractivity contribution in [2.45, 2.75) is 26.4 Å². The molecule has 2 rings (SSSR count). The van der Waals surface area contributed by atoms with E-state index >= 15 is 0 Å². The molecule has 0 saturated carbocycles. The minimum absolute atomic E-state index is 0.301. The summed E-state index contributed by atoms with van der Waals surface area (Å²) in [6.45, 7) is 8.74. The van der Waals surface area contributed by atoms with Crippen molar-refractivity contribution in [1.82, 2.24) is 10.2 Å². The Balaban J connectivity index is 1.87. The Bertz CT molecular complexity index is 366. The van der Waals surface area contributed by atoms with Crippen molar-refractivity contribution in [2.75, 3.05) is 26.2 Å². The van der Waals surface area contributed by atoms with Crippen molar-refractivity contribution in [3.8, 4) is 0 Å². The summed E-state index contributed by atoms with van der Waals surface area (Å²) in [6.07, 6.45) is 0. The second kappa shape index (κ2) is 7.04. The molecule has 3 nitrogen and oxygen atoms in total. The summed E-state index contributed by atoms with van der Waals surface area (Å²) in [4.78, 5) is 2.46. The fraction of sp³-hybridized carbons (Fsp3) is 0.625. The third-order valence-corrected chi connectivity index (χ3v) is 3.92. The molecule has 3 heteroatoms. The number of rotatable bonds is 6. The number of hydrogen-bond donors (Lipinski definition) is 2. The van der Waals surface area contributed by atoms with Crippen molar-refractivity contribution in [2.24, 2.45) is 11.8 Å². The molecule has 1 saturated heterocycles. The fourth-order valence-corrected chi connectivity index (χ4v) is 2.83. The number of nitrogens with one attached hydrogen (secondary N) is 1. The lowest BCUT2D eigenvalue weighted by molar-refractivity contribution is 0.197.